The van der Waals surface area contributed by atoms with Crippen LogP contribution in [-0.2, 0) is 0 Å². The molecule has 2 heteroatoms. The van der Waals surface area contributed by atoms with Crippen LogP contribution in [-0.4, -0.2) is 4.57 Å². The van der Waals surface area contributed by atoms with Crippen LogP contribution >= 0.6 is 0 Å². The van der Waals surface area contributed by atoms with Crippen molar-refractivity contribution in [2.75, 3.05) is 4.90 Å². The number of aromatic nitrogens is 1. The lowest BCUT2D eigenvalue weighted by Gasteiger charge is -2.26. The Balaban J connectivity index is 1.23. The van der Waals surface area contributed by atoms with Crippen molar-refractivity contribution < 1.29 is 0 Å². The lowest BCUT2D eigenvalue weighted by molar-refractivity contribution is 1.18. The van der Waals surface area contributed by atoms with E-state index in [2.05, 4.69) is 217 Å². The summed E-state index contributed by atoms with van der Waals surface area (Å²) in [5.74, 6) is 0. The molecule has 0 saturated carbocycles. The van der Waals surface area contributed by atoms with Crippen molar-refractivity contribution >= 4 is 38.9 Å². The minimum atomic E-state index is 1.11. The van der Waals surface area contributed by atoms with Crippen molar-refractivity contribution in [3.63, 3.8) is 0 Å². The van der Waals surface area contributed by atoms with E-state index in [0.29, 0.717) is 0 Å². The van der Waals surface area contributed by atoms with Gasteiger partial charge in [-0.15, -0.1) is 0 Å². The fraction of sp³-hybridized carbons (Fsp3) is 0.0204. The van der Waals surface area contributed by atoms with Crippen LogP contribution in [0.1, 0.15) is 5.56 Å². The summed E-state index contributed by atoms with van der Waals surface area (Å²) in [5, 5.41) is 2.44. The summed E-state index contributed by atoms with van der Waals surface area (Å²) in [7, 11) is 0. The van der Waals surface area contributed by atoms with Gasteiger partial charge in [0.25, 0.3) is 0 Å². The molecule has 1 heterocycles. The molecule has 0 aliphatic heterocycles. The third-order valence-electron chi connectivity index (χ3n) is 9.87. The average Bonchev–Trinajstić information content (AvgIpc) is 3.53. The third kappa shape index (κ3) is 5.77. The zero-order valence-electron chi connectivity index (χ0n) is 28.4. The highest BCUT2D eigenvalue weighted by atomic mass is 15.1. The van der Waals surface area contributed by atoms with Crippen LogP contribution in [0, 0.1) is 6.92 Å². The van der Waals surface area contributed by atoms with Gasteiger partial charge in [-0.2, -0.15) is 0 Å². The molecule has 8 aromatic carbocycles. The summed E-state index contributed by atoms with van der Waals surface area (Å²) < 4.78 is 2.39. The van der Waals surface area contributed by atoms with Gasteiger partial charge in [-0.05, 0) is 107 Å². The molecule has 51 heavy (non-hydrogen) atoms. The Kier molecular flexibility index (Phi) is 7.75. The summed E-state index contributed by atoms with van der Waals surface area (Å²) in [6.07, 6.45) is 0. The number of nitrogens with zero attached hydrogens (tertiary/aromatic N) is 2. The molecule has 1 aromatic heterocycles. The smallest absolute Gasteiger partial charge is 0.0542 e. The van der Waals surface area contributed by atoms with Crippen LogP contribution in [0.2, 0.25) is 0 Å². The molecular formula is C49H36N2. The summed E-state index contributed by atoms with van der Waals surface area (Å²) in [5.41, 5.74) is 15.4. The average molecular weight is 653 g/mol. The second kappa shape index (κ2) is 13.0. The number of aryl methyl sites for hydroxylation is 1. The first-order valence-corrected chi connectivity index (χ1v) is 17.5. The van der Waals surface area contributed by atoms with E-state index in [-0.39, 0.29) is 0 Å². The highest BCUT2D eigenvalue weighted by Gasteiger charge is 2.18. The molecule has 0 amide bonds. The minimum absolute atomic E-state index is 1.11. The van der Waals surface area contributed by atoms with E-state index >= 15 is 0 Å². The summed E-state index contributed by atoms with van der Waals surface area (Å²) >= 11 is 0. The summed E-state index contributed by atoms with van der Waals surface area (Å²) in [6.45, 7) is 2.14. The lowest BCUT2D eigenvalue weighted by atomic mass is 10.0. The number of anilines is 3. The molecule has 9 aromatic rings. The van der Waals surface area contributed by atoms with Gasteiger partial charge >= 0.3 is 0 Å². The van der Waals surface area contributed by atoms with Gasteiger partial charge < -0.3 is 9.47 Å². The third-order valence-corrected chi connectivity index (χ3v) is 9.87. The fourth-order valence-corrected chi connectivity index (χ4v) is 7.25. The summed E-state index contributed by atoms with van der Waals surface area (Å²) in [6, 6.07) is 72.3. The largest absolute Gasteiger partial charge is 0.310 e. The number of benzene rings is 8. The maximum Gasteiger partial charge on any atom is 0.0542 e. The molecule has 0 spiro atoms. The highest BCUT2D eigenvalue weighted by Crippen LogP contribution is 2.41. The van der Waals surface area contributed by atoms with Crippen LogP contribution < -0.4 is 4.90 Å². The minimum Gasteiger partial charge on any atom is -0.310 e. The zero-order chi connectivity index (χ0) is 34.1. The van der Waals surface area contributed by atoms with E-state index in [0.717, 1.165) is 22.7 Å². The van der Waals surface area contributed by atoms with Crippen LogP contribution in [0.25, 0.3) is 60.9 Å². The van der Waals surface area contributed by atoms with Crippen molar-refractivity contribution in [3.05, 3.63) is 206 Å². The molecular weight excluding hydrogens is 617 g/mol. The van der Waals surface area contributed by atoms with Crippen LogP contribution in [0.15, 0.2) is 200 Å². The molecule has 0 atom stereocenters. The van der Waals surface area contributed by atoms with Crippen molar-refractivity contribution in [2.45, 2.75) is 6.92 Å². The van der Waals surface area contributed by atoms with E-state index in [1.165, 1.54) is 60.8 Å². The van der Waals surface area contributed by atoms with Crippen molar-refractivity contribution in [1.29, 1.82) is 0 Å². The maximum atomic E-state index is 2.39. The number of fused-ring (bicyclic) bond motifs is 3. The van der Waals surface area contributed by atoms with Gasteiger partial charge in [0.15, 0.2) is 0 Å². The van der Waals surface area contributed by atoms with E-state index in [9.17, 15) is 0 Å². The van der Waals surface area contributed by atoms with Gasteiger partial charge in [-0.3, -0.25) is 0 Å². The zero-order valence-corrected chi connectivity index (χ0v) is 28.4. The molecule has 0 aliphatic carbocycles. The van der Waals surface area contributed by atoms with Gasteiger partial charge in [0.1, 0.15) is 0 Å². The molecule has 0 unspecified atom stereocenters. The first-order chi connectivity index (χ1) is 25.2. The Morgan fingerprint density at radius 2 is 0.725 bits per heavy atom. The Hall–Kier alpha value is -6.64. The number of para-hydroxylation sites is 1. The van der Waals surface area contributed by atoms with Crippen LogP contribution in [0.4, 0.5) is 17.1 Å². The Bertz CT molecular complexity index is 2500. The Morgan fingerprint density at radius 3 is 1.27 bits per heavy atom. The SMILES string of the molecule is Cc1ccc(-c2ccc3c(c2)c2cc(N(c4ccc(-c5ccccc5)cc4)c4ccc(-c5ccccc5)cc4)ccc2n3-c2ccccc2)cc1. The normalized spacial score (nSPS) is 11.2. The molecule has 0 N–H and O–H groups in total. The quantitative estimate of drug-likeness (QED) is 0.166. The van der Waals surface area contributed by atoms with Gasteiger partial charge in [0, 0.05) is 33.5 Å². The molecule has 0 saturated heterocycles. The molecule has 2 nitrogen and oxygen atoms in total. The number of rotatable bonds is 7. The van der Waals surface area contributed by atoms with E-state index < -0.39 is 0 Å². The van der Waals surface area contributed by atoms with Crippen molar-refractivity contribution in [1.82, 2.24) is 4.57 Å². The van der Waals surface area contributed by atoms with Crippen molar-refractivity contribution in [3.8, 4) is 39.1 Å². The molecule has 9 rings (SSSR count). The van der Waals surface area contributed by atoms with Gasteiger partial charge in [0.05, 0.1) is 11.0 Å². The molecule has 0 radical (unpaired) electrons. The van der Waals surface area contributed by atoms with Crippen LogP contribution in [0.3, 0.4) is 0 Å². The van der Waals surface area contributed by atoms with Crippen molar-refractivity contribution in [2.24, 2.45) is 0 Å². The first kappa shape index (κ1) is 30.4. The molecule has 0 bridgehead atoms. The standard InChI is InChI=1S/C49H36N2/c1-35-17-19-40(20-18-35)41-25-31-48-46(33-41)47-34-45(30-32-49(47)51(48)42-15-9-4-10-16-42)50(43-26-21-38(22-27-43)36-11-5-2-6-12-36)44-28-23-39(24-29-44)37-13-7-3-8-14-37/h2-34H,1H3. The maximum absolute atomic E-state index is 2.39. The highest BCUT2D eigenvalue weighted by molar-refractivity contribution is 6.12. The number of hydrogen-bond donors (Lipinski definition) is 0. The first-order valence-electron chi connectivity index (χ1n) is 17.5. The topological polar surface area (TPSA) is 8.17 Å². The fourth-order valence-electron chi connectivity index (χ4n) is 7.25. The predicted molar refractivity (Wildman–Crippen MR) is 217 cm³/mol. The van der Waals surface area contributed by atoms with Gasteiger partial charge in [-0.1, -0.05) is 139 Å². The lowest BCUT2D eigenvalue weighted by Crippen LogP contribution is -2.10. The predicted octanol–water partition coefficient (Wildman–Crippen LogP) is 13.6. The van der Waals surface area contributed by atoms with E-state index in [1.54, 1.807) is 0 Å². The molecule has 242 valence electrons. The van der Waals surface area contributed by atoms with E-state index in [4.69, 9.17) is 0 Å². The van der Waals surface area contributed by atoms with E-state index in [1.807, 2.05) is 0 Å². The van der Waals surface area contributed by atoms with Gasteiger partial charge in [0.2, 0.25) is 0 Å². The molecule has 0 aliphatic rings. The number of hydrogen-bond acceptors (Lipinski definition) is 1. The monoisotopic (exact) mass is 652 g/mol. The molecule has 0 fully saturated rings. The second-order valence-electron chi connectivity index (χ2n) is 13.1. The van der Waals surface area contributed by atoms with Gasteiger partial charge in [-0.25, -0.2) is 0 Å². The second-order valence-corrected chi connectivity index (χ2v) is 13.1. The summed E-state index contributed by atoms with van der Waals surface area (Å²) in [4.78, 5) is 2.37. The Labute approximate surface area is 299 Å². The Morgan fingerprint density at radius 1 is 0.333 bits per heavy atom. The van der Waals surface area contributed by atoms with Crippen LogP contribution in [0.5, 0.6) is 0 Å².